The molecule has 0 aliphatic rings. The third-order valence-corrected chi connectivity index (χ3v) is 3.44. The Morgan fingerprint density at radius 1 is 1.11 bits per heavy atom. The number of hydrogen-bond acceptors (Lipinski definition) is 3. The topological polar surface area (TPSA) is 47.3 Å². The molecule has 1 N–H and O–H groups in total. The third kappa shape index (κ3) is 1.95. The zero-order chi connectivity index (χ0) is 12.5. The van der Waals surface area contributed by atoms with E-state index in [4.69, 9.17) is 5.26 Å². The predicted molar refractivity (Wildman–Crippen MR) is 77.0 cm³/mol. The summed E-state index contributed by atoms with van der Waals surface area (Å²) in [6.45, 7) is 0. The summed E-state index contributed by atoms with van der Waals surface area (Å²) in [5.74, 6) is 0.407. The van der Waals surface area contributed by atoms with Crippen molar-refractivity contribution in [3.63, 3.8) is 0 Å². The number of aromatic nitrogens is 2. The summed E-state index contributed by atoms with van der Waals surface area (Å²) in [6.07, 6.45) is 1.75. The first-order chi connectivity index (χ1) is 8.78. The van der Waals surface area contributed by atoms with E-state index in [-0.39, 0.29) is 0 Å². The number of halogens is 1. The van der Waals surface area contributed by atoms with Crippen molar-refractivity contribution < 1.29 is 10.1 Å². The van der Waals surface area contributed by atoms with Gasteiger partial charge in [-0.3, -0.25) is 0 Å². The summed E-state index contributed by atoms with van der Waals surface area (Å²) in [5, 5.41) is 13.9. The SMILES string of the molecule is OOc1ccc2c(cnn2-c2ccc(I)cc2)c1. The highest BCUT2D eigenvalue weighted by atomic mass is 127. The molecule has 5 heteroatoms. The second-order valence-corrected chi connectivity index (χ2v) is 5.09. The van der Waals surface area contributed by atoms with E-state index in [0.717, 1.165) is 16.6 Å². The molecule has 2 aromatic carbocycles. The van der Waals surface area contributed by atoms with Gasteiger partial charge in [-0.2, -0.15) is 5.10 Å². The summed E-state index contributed by atoms with van der Waals surface area (Å²) >= 11 is 2.27. The van der Waals surface area contributed by atoms with Crippen LogP contribution < -0.4 is 4.89 Å². The first kappa shape index (κ1) is 11.5. The van der Waals surface area contributed by atoms with Crippen molar-refractivity contribution in [1.82, 2.24) is 9.78 Å². The average Bonchev–Trinajstić information content (AvgIpc) is 2.82. The van der Waals surface area contributed by atoms with Crippen molar-refractivity contribution in [1.29, 1.82) is 0 Å². The first-order valence-electron chi connectivity index (χ1n) is 5.33. The van der Waals surface area contributed by atoms with Gasteiger partial charge in [-0.1, -0.05) is 0 Å². The fourth-order valence-electron chi connectivity index (χ4n) is 1.86. The van der Waals surface area contributed by atoms with Gasteiger partial charge in [0.2, 0.25) is 0 Å². The number of fused-ring (bicyclic) bond motifs is 1. The number of rotatable bonds is 2. The molecule has 18 heavy (non-hydrogen) atoms. The van der Waals surface area contributed by atoms with Gasteiger partial charge in [-0.15, -0.1) is 0 Å². The molecular formula is C13H9IN2O2. The lowest BCUT2D eigenvalue weighted by molar-refractivity contribution is -0.137. The van der Waals surface area contributed by atoms with Crippen LogP contribution in [0.3, 0.4) is 0 Å². The van der Waals surface area contributed by atoms with Gasteiger partial charge in [-0.25, -0.2) is 9.94 Å². The van der Waals surface area contributed by atoms with E-state index in [1.165, 1.54) is 3.57 Å². The fourth-order valence-corrected chi connectivity index (χ4v) is 2.22. The fraction of sp³-hybridized carbons (Fsp3) is 0. The summed E-state index contributed by atoms with van der Waals surface area (Å²) in [5.41, 5.74) is 1.97. The zero-order valence-corrected chi connectivity index (χ0v) is 11.4. The molecule has 0 saturated heterocycles. The van der Waals surface area contributed by atoms with Crippen LogP contribution in [0.15, 0.2) is 48.7 Å². The van der Waals surface area contributed by atoms with Gasteiger partial charge >= 0.3 is 0 Å². The second kappa shape index (κ2) is 4.58. The maximum absolute atomic E-state index is 8.62. The molecule has 0 unspecified atom stereocenters. The highest BCUT2D eigenvalue weighted by Crippen LogP contribution is 2.23. The Balaban J connectivity index is 2.15. The molecule has 1 heterocycles. The van der Waals surface area contributed by atoms with E-state index in [9.17, 15) is 0 Å². The summed E-state index contributed by atoms with van der Waals surface area (Å²) < 4.78 is 3.04. The van der Waals surface area contributed by atoms with Crippen molar-refractivity contribution in [3.05, 3.63) is 52.2 Å². The molecule has 3 aromatic rings. The van der Waals surface area contributed by atoms with Crippen LogP contribution in [0, 0.1) is 3.57 Å². The van der Waals surface area contributed by atoms with Crippen LogP contribution in [-0.2, 0) is 0 Å². The molecule has 1 aromatic heterocycles. The Labute approximate surface area is 117 Å². The van der Waals surface area contributed by atoms with E-state index in [2.05, 4.69) is 32.6 Å². The van der Waals surface area contributed by atoms with Crippen LogP contribution in [-0.4, -0.2) is 15.0 Å². The minimum Gasteiger partial charge on any atom is -0.340 e. The zero-order valence-electron chi connectivity index (χ0n) is 9.25. The molecule has 4 nitrogen and oxygen atoms in total. The Bertz CT molecular complexity index is 692. The molecule has 0 atom stereocenters. The monoisotopic (exact) mass is 352 g/mol. The molecular weight excluding hydrogens is 343 g/mol. The van der Waals surface area contributed by atoms with Crippen LogP contribution in [0.25, 0.3) is 16.6 Å². The normalized spacial score (nSPS) is 10.8. The summed E-state index contributed by atoms with van der Waals surface area (Å²) in [6, 6.07) is 13.4. The highest BCUT2D eigenvalue weighted by molar-refractivity contribution is 14.1. The van der Waals surface area contributed by atoms with Gasteiger partial charge in [0, 0.05) is 8.96 Å². The standard InChI is InChI=1S/C13H9IN2O2/c14-10-1-3-11(4-2-10)16-13-6-5-12(18-17)7-9(13)8-15-16/h1-8,17H. The number of hydrogen-bond donors (Lipinski definition) is 1. The summed E-state index contributed by atoms with van der Waals surface area (Å²) in [7, 11) is 0. The third-order valence-electron chi connectivity index (χ3n) is 2.72. The van der Waals surface area contributed by atoms with Gasteiger partial charge in [-0.05, 0) is 65.1 Å². The lowest BCUT2D eigenvalue weighted by atomic mass is 10.2. The highest BCUT2D eigenvalue weighted by Gasteiger charge is 2.06. The van der Waals surface area contributed by atoms with Crippen LogP contribution in [0.2, 0.25) is 0 Å². The average molecular weight is 352 g/mol. The molecule has 0 bridgehead atoms. The van der Waals surface area contributed by atoms with Crippen LogP contribution in [0.4, 0.5) is 0 Å². The van der Waals surface area contributed by atoms with Gasteiger partial charge < -0.3 is 4.89 Å². The Morgan fingerprint density at radius 3 is 2.61 bits per heavy atom. The number of benzene rings is 2. The van der Waals surface area contributed by atoms with Gasteiger partial charge in [0.1, 0.15) is 0 Å². The van der Waals surface area contributed by atoms with Gasteiger partial charge in [0.05, 0.1) is 17.4 Å². The molecule has 90 valence electrons. The molecule has 0 aliphatic carbocycles. The Morgan fingerprint density at radius 2 is 1.89 bits per heavy atom. The minimum absolute atomic E-state index is 0.407. The maximum atomic E-state index is 8.62. The van der Waals surface area contributed by atoms with Crippen molar-refractivity contribution >= 4 is 33.5 Å². The van der Waals surface area contributed by atoms with E-state index in [1.807, 2.05) is 35.0 Å². The largest absolute Gasteiger partial charge is 0.340 e. The van der Waals surface area contributed by atoms with Crippen molar-refractivity contribution in [2.24, 2.45) is 0 Å². The smallest absolute Gasteiger partial charge is 0.165 e. The van der Waals surface area contributed by atoms with Gasteiger partial charge in [0.15, 0.2) is 5.75 Å². The molecule has 0 saturated carbocycles. The van der Waals surface area contributed by atoms with Crippen molar-refractivity contribution in [2.45, 2.75) is 0 Å². The summed E-state index contributed by atoms with van der Waals surface area (Å²) in [4.78, 5) is 4.21. The maximum Gasteiger partial charge on any atom is 0.165 e. The number of nitrogens with zero attached hydrogens (tertiary/aromatic N) is 2. The molecule has 0 spiro atoms. The first-order valence-corrected chi connectivity index (χ1v) is 6.41. The molecule has 0 fully saturated rings. The Hall–Kier alpha value is -1.60. The lowest BCUT2D eigenvalue weighted by Crippen LogP contribution is -1.95. The lowest BCUT2D eigenvalue weighted by Gasteiger charge is -2.04. The second-order valence-electron chi connectivity index (χ2n) is 3.84. The molecule has 0 amide bonds. The van der Waals surface area contributed by atoms with E-state index in [1.54, 1.807) is 18.3 Å². The van der Waals surface area contributed by atoms with Crippen molar-refractivity contribution in [3.8, 4) is 11.4 Å². The van der Waals surface area contributed by atoms with E-state index in [0.29, 0.717) is 5.75 Å². The molecule has 3 rings (SSSR count). The van der Waals surface area contributed by atoms with Gasteiger partial charge in [0.25, 0.3) is 0 Å². The van der Waals surface area contributed by atoms with Crippen LogP contribution >= 0.6 is 22.6 Å². The minimum atomic E-state index is 0.407. The van der Waals surface area contributed by atoms with E-state index < -0.39 is 0 Å². The molecule has 0 radical (unpaired) electrons. The predicted octanol–water partition coefficient (Wildman–Crippen LogP) is 3.48. The van der Waals surface area contributed by atoms with Crippen LogP contribution in [0.1, 0.15) is 0 Å². The molecule has 0 aliphatic heterocycles. The quantitative estimate of drug-likeness (QED) is 0.436. The Kier molecular flexibility index (Phi) is 2.92. The van der Waals surface area contributed by atoms with E-state index >= 15 is 0 Å². The van der Waals surface area contributed by atoms with Crippen LogP contribution in [0.5, 0.6) is 5.75 Å². The van der Waals surface area contributed by atoms with Crippen molar-refractivity contribution in [2.75, 3.05) is 0 Å².